The van der Waals surface area contributed by atoms with Gasteiger partial charge in [-0.2, -0.15) is 0 Å². The standard InChI is InChI=1S/C27H49ClN/c1-5-7-9-10-11-12-13-14-19-22-26(28)27(23-16-8-6-2)29(3,4)24-25-20-17-15-18-21-25/h15,17-18,20-21,26-27H,5-14,16,19,22-24H2,1-4H3/q+1. The molecule has 1 aromatic rings. The molecule has 0 bridgehead atoms. The van der Waals surface area contributed by atoms with Crippen molar-refractivity contribution in [2.24, 2.45) is 0 Å². The molecule has 1 rings (SSSR count). The first-order valence-electron chi connectivity index (χ1n) is 12.5. The lowest BCUT2D eigenvalue weighted by atomic mass is 9.97. The van der Waals surface area contributed by atoms with E-state index < -0.39 is 0 Å². The summed E-state index contributed by atoms with van der Waals surface area (Å²) in [6.07, 6.45) is 18.8. The number of alkyl halides is 1. The van der Waals surface area contributed by atoms with Crippen molar-refractivity contribution in [2.45, 2.75) is 122 Å². The van der Waals surface area contributed by atoms with Crippen molar-refractivity contribution in [3.05, 3.63) is 35.9 Å². The summed E-state index contributed by atoms with van der Waals surface area (Å²) in [5.74, 6) is 0. The number of hydrogen-bond donors (Lipinski definition) is 0. The molecule has 0 amide bonds. The highest BCUT2D eigenvalue weighted by molar-refractivity contribution is 6.21. The number of benzene rings is 1. The summed E-state index contributed by atoms with van der Waals surface area (Å²) in [7, 11) is 4.77. The van der Waals surface area contributed by atoms with Gasteiger partial charge in [-0.1, -0.05) is 115 Å². The lowest BCUT2D eigenvalue weighted by Crippen LogP contribution is -2.52. The summed E-state index contributed by atoms with van der Waals surface area (Å²) in [5, 5.41) is 0.287. The van der Waals surface area contributed by atoms with Gasteiger partial charge in [-0.25, -0.2) is 0 Å². The van der Waals surface area contributed by atoms with Crippen molar-refractivity contribution in [1.29, 1.82) is 0 Å². The third-order valence-corrected chi connectivity index (χ3v) is 6.94. The molecule has 0 radical (unpaired) electrons. The van der Waals surface area contributed by atoms with Crippen molar-refractivity contribution in [2.75, 3.05) is 14.1 Å². The maximum absolute atomic E-state index is 7.06. The van der Waals surface area contributed by atoms with Gasteiger partial charge in [0, 0.05) is 12.0 Å². The number of unbranched alkanes of at least 4 members (excludes halogenated alkanes) is 10. The van der Waals surface area contributed by atoms with Gasteiger partial charge in [-0.3, -0.25) is 0 Å². The first-order chi connectivity index (χ1) is 14.0. The van der Waals surface area contributed by atoms with Crippen LogP contribution in [0.5, 0.6) is 0 Å². The van der Waals surface area contributed by atoms with Crippen molar-refractivity contribution in [3.63, 3.8) is 0 Å². The Morgan fingerprint density at radius 3 is 1.76 bits per heavy atom. The third-order valence-electron chi connectivity index (χ3n) is 6.44. The average molecular weight is 423 g/mol. The molecule has 0 N–H and O–H groups in total. The number of rotatable bonds is 18. The SMILES string of the molecule is CCCCCCCCCCCC(Cl)C(CCCCC)[N+](C)(C)Cc1ccccc1. The molecule has 168 valence electrons. The predicted molar refractivity (Wildman–Crippen MR) is 132 cm³/mol. The summed E-state index contributed by atoms with van der Waals surface area (Å²) in [6, 6.07) is 11.5. The molecule has 0 saturated heterocycles. The Bertz CT molecular complexity index is 485. The fraction of sp³-hybridized carbons (Fsp3) is 0.778. The summed E-state index contributed by atoms with van der Waals surface area (Å²) in [5.41, 5.74) is 1.42. The van der Waals surface area contributed by atoms with Crippen LogP contribution in [0.2, 0.25) is 0 Å². The number of quaternary nitrogens is 1. The van der Waals surface area contributed by atoms with Gasteiger partial charge in [-0.15, -0.1) is 11.6 Å². The van der Waals surface area contributed by atoms with E-state index in [-0.39, 0.29) is 5.38 Å². The molecule has 0 aromatic heterocycles. The molecule has 0 spiro atoms. The maximum atomic E-state index is 7.06. The molecule has 0 aliphatic carbocycles. The Kier molecular flexibility index (Phi) is 14.8. The number of halogens is 1. The van der Waals surface area contributed by atoms with Crippen LogP contribution in [0.25, 0.3) is 0 Å². The second-order valence-electron chi connectivity index (χ2n) is 9.62. The van der Waals surface area contributed by atoms with E-state index >= 15 is 0 Å². The smallest absolute Gasteiger partial charge is 0.105 e. The maximum Gasteiger partial charge on any atom is 0.105 e. The van der Waals surface area contributed by atoms with E-state index in [2.05, 4.69) is 58.3 Å². The normalized spacial score (nSPS) is 14.1. The van der Waals surface area contributed by atoms with E-state index in [1.807, 2.05) is 0 Å². The van der Waals surface area contributed by atoms with Crippen LogP contribution < -0.4 is 0 Å². The molecule has 1 aromatic carbocycles. The molecular weight excluding hydrogens is 374 g/mol. The van der Waals surface area contributed by atoms with Gasteiger partial charge < -0.3 is 4.48 Å². The van der Waals surface area contributed by atoms with Crippen LogP contribution in [0.1, 0.15) is 109 Å². The molecule has 2 unspecified atom stereocenters. The Hall–Kier alpha value is -0.530. The van der Waals surface area contributed by atoms with Crippen molar-refractivity contribution < 1.29 is 4.48 Å². The first kappa shape index (κ1) is 26.5. The zero-order chi connectivity index (χ0) is 21.4. The lowest BCUT2D eigenvalue weighted by molar-refractivity contribution is -0.928. The minimum absolute atomic E-state index is 0.287. The molecule has 0 fully saturated rings. The Morgan fingerprint density at radius 2 is 1.17 bits per heavy atom. The lowest BCUT2D eigenvalue weighted by Gasteiger charge is -2.41. The van der Waals surface area contributed by atoms with Crippen LogP contribution in [0.15, 0.2) is 30.3 Å². The molecule has 0 heterocycles. The second kappa shape index (κ2) is 16.2. The van der Waals surface area contributed by atoms with Gasteiger partial charge in [0.15, 0.2) is 0 Å². The molecule has 0 aliphatic heterocycles. The number of nitrogens with zero attached hydrogens (tertiary/aromatic N) is 1. The van der Waals surface area contributed by atoms with E-state index in [1.165, 1.54) is 95.5 Å². The van der Waals surface area contributed by atoms with Crippen molar-refractivity contribution in [3.8, 4) is 0 Å². The van der Waals surface area contributed by atoms with Gasteiger partial charge in [-0.05, 0) is 12.8 Å². The largest absolute Gasteiger partial charge is 0.321 e. The Balaban J connectivity index is 2.44. The van der Waals surface area contributed by atoms with E-state index in [0.717, 1.165) is 11.0 Å². The Morgan fingerprint density at radius 1 is 0.690 bits per heavy atom. The van der Waals surface area contributed by atoms with Crippen LogP contribution in [-0.2, 0) is 6.54 Å². The second-order valence-corrected chi connectivity index (χ2v) is 10.2. The fourth-order valence-electron chi connectivity index (χ4n) is 4.59. The quantitative estimate of drug-likeness (QED) is 0.126. The van der Waals surface area contributed by atoms with E-state index in [4.69, 9.17) is 11.6 Å². The molecular formula is C27H49ClN+. The highest BCUT2D eigenvalue weighted by Gasteiger charge is 2.34. The molecule has 29 heavy (non-hydrogen) atoms. The monoisotopic (exact) mass is 422 g/mol. The summed E-state index contributed by atoms with van der Waals surface area (Å²) in [6.45, 7) is 5.65. The highest BCUT2D eigenvalue weighted by Crippen LogP contribution is 2.28. The van der Waals surface area contributed by atoms with Crippen LogP contribution >= 0.6 is 11.6 Å². The van der Waals surface area contributed by atoms with Gasteiger partial charge in [0.25, 0.3) is 0 Å². The molecule has 0 aliphatic rings. The first-order valence-corrected chi connectivity index (χ1v) is 13.0. The van der Waals surface area contributed by atoms with Gasteiger partial charge in [0.05, 0.1) is 19.5 Å². The van der Waals surface area contributed by atoms with E-state index in [0.29, 0.717) is 6.04 Å². The van der Waals surface area contributed by atoms with Crippen molar-refractivity contribution >= 4 is 11.6 Å². The fourth-order valence-corrected chi connectivity index (χ4v) is 5.17. The predicted octanol–water partition coefficient (Wildman–Crippen LogP) is 8.74. The molecule has 2 atom stereocenters. The van der Waals surface area contributed by atoms with Crippen LogP contribution in [0.4, 0.5) is 0 Å². The zero-order valence-electron chi connectivity index (χ0n) is 20.0. The topological polar surface area (TPSA) is 0 Å². The average Bonchev–Trinajstić information content (AvgIpc) is 2.70. The summed E-state index contributed by atoms with van der Waals surface area (Å²) >= 11 is 7.06. The van der Waals surface area contributed by atoms with Crippen LogP contribution in [0.3, 0.4) is 0 Å². The minimum atomic E-state index is 0.287. The number of hydrogen-bond acceptors (Lipinski definition) is 0. The van der Waals surface area contributed by atoms with E-state index in [1.54, 1.807) is 0 Å². The molecule has 0 saturated carbocycles. The van der Waals surface area contributed by atoms with Gasteiger partial charge in [0.2, 0.25) is 0 Å². The van der Waals surface area contributed by atoms with Crippen LogP contribution in [0, 0.1) is 0 Å². The van der Waals surface area contributed by atoms with Gasteiger partial charge >= 0.3 is 0 Å². The summed E-state index contributed by atoms with van der Waals surface area (Å²) < 4.78 is 0.999. The summed E-state index contributed by atoms with van der Waals surface area (Å²) in [4.78, 5) is 0. The van der Waals surface area contributed by atoms with Crippen molar-refractivity contribution in [1.82, 2.24) is 0 Å². The Labute approximate surface area is 187 Å². The molecule has 1 nitrogen and oxygen atoms in total. The zero-order valence-corrected chi connectivity index (χ0v) is 20.7. The van der Waals surface area contributed by atoms with Crippen LogP contribution in [-0.4, -0.2) is 30.0 Å². The molecule has 2 heteroatoms. The highest BCUT2D eigenvalue weighted by atomic mass is 35.5. The van der Waals surface area contributed by atoms with E-state index in [9.17, 15) is 0 Å². The third kappa shape index (κ3) is 12.0. The van der Waals surface area contributed by atoms with Gasteiger partial charge in [0.1, 0.15) is 12.6 Å². The minimum Gasteiger partial charge on any atom is -0.321 e.